The minimum Gasteiger partial charge on any atom is -0.497 e. The van der Waals surface area contributed by atoms with Crippen LogP contribution in [0.5, 0.6) is 11.5 Å². The fraction of sp³-hybridized carbons (Fsp3) is 0.462. The lowest BCUT2D eigenvalue weighted by atomic mass is 10.1. The molecule has 0 bridgehead atoms. The third kappa shape index (κ3) is 7.52. The van der Waals surface area contributed by atoms with Crippen LogP contribution in [0.3, 0.4) is 0 Å². The van der Waals surface area contributed by atoms with Crippen LogP contribution in [-0.2, 0) is 26.2 Å². The number of nitrogens with zero attached hydrogens (tertiary/aromatic N) is 2. The maximum atomic E-state index is 13.7. The number of carbonyl (C=O) groups is 2. The summed E-state index contributed by atoms with van der Waals surface area (Å²) in [6, 6.07) is 10.9. The topological polar surface area (TPSA) is 105 Å². The fourth-order valence-corrected chi connectivity index (χ4v) is 5.41. The van der Waals surface area contributed by atoms with Crippen molar-refractivity contribution in [3.8, 4) is 11.5 Å². The highest BCUT2D eigenvalue weighted by atomic mass is 35.5. The lowest BCUT2D eigenvalue weighted by molar-refractivity contribution is -0.139. The van der Waals surface area contributed by atoms with Crippen LogP contribution in [0.25, 0.3) is 0 Å². The summed E-state index contributed by atoms with van der Waals surface area (Å²) in [5.74, 6) is 0.0158. The Bertz CT molecular complexity index is 1220. The van der Waals surface area contributed by atoms with Crippen molar-refractivity contribution in [3.05, 3.63) is 53.1 Å². The summed E-state index contributed by atoms with van der Waals surface area (Å²) >= 11 is 6.14. The minimum absolute atomic E-state index is 0.0759. The number of anilines is 1. The van der Waals surface area contributed by atoms with Crippen molar-refractivity contribution in [2.45, 2.75) is 51.2 Å². The Balaban J connectivity index is 1.94. The molecule has 9 nitrogen and oxygen atoms in total. The number of nitrogens with one attached hydrogen (secondary N) is 1. The number of sulfonamides is 1. The van der Waals surface area contributed by atoms with Crippen LogP contribution in [0, 0.1) is 0 Å². The second kappa shape index (κ2) is 12.5. The van der Waals surface area contributed by atoms with Crippen LogP contribution in [0.1, 0.15) is 38.2 Å². The molecule has 0 aliphatic heterocycles. The Kier molecular flexibility index (Phi) is 9.67. The van der Waals surface area contributed by atoms with Crippen LogP contribution in [0.4, 0.5) is 5.69 Å². The molecule has 2 aromatic carbocycles. The van der Waals surface area contributed by atoms with Gasteiger partial charge in [0.1, 0.15) is 24.1 Å². The van der Waals surface area contributed by atoms with Gasteiger partial charge in [-0.1, -0.05) is 36.6 Å². The van der Waals surface area contributed by atoms with Gasteiger partial charge in [-0.2, -0.15) is 0 Å². The van der Waals surface area contributed by atoms with Crippen molar-refractivity contribution >= 4 is 39.1 Å². The molecule has 0 saturated heterocycles. The van der Waals surface area contributed by atoms with Gasteiger partial charge in [0.25, 0.3) is 0 Å². The second-order valence-corrected chi connectivity index (χ2v) is 11.5. The average Bonchev–Trinajstić information content (AvgIpc) is 3.37. The lowest BCUT2D eigenvalue weighted by Crippen LogP contribution is -2.52. The smallest absolute Gasteiger partial charge is 0.244 e. The number of benzene rings is 2. The van der Waals surface area contributed by atoms with Crippen LogP contribution in [-0.4, -0.2) is 64.2 Å². The normalized spacial score (nSPS) is 14.6. The van der Waals surface area contributed by atoms with E-state index in [1.54, 1.807) is 38.3 Å². The summed E-state index contributed by atoms with van der Waals surface area (Å²) in [5.41, 5.74) is 0.870. The first-order chi connectivity index (χ1) is 17.5. The number of halogens is 1. The maximum Gasteiger partial charge on any atom is 0.244 e. The van der Waals surface area contributed by atoms with Crippen LogP contribution in [0.2, 0.25) is 5.02 Å². The molecule has 1 aliphatic rings. The second-order valence-electron chi connectivity index (χ2n) is 9.12. The predicted molar refractivity (Wildman–Crippen MR) is 144 cm³/mol. The first-order valence-electron chi connectivity index (χ1n) is 12.1. The first-order valence-corrected chi connectivity index (χ1v) is 14.3. The zero-order valence-corrected chi connectivity index (χ0v) is 23.1. The van der Waals surface area contributed by atoms with Gasteiger partial charge in [0, 0.05) is 17.6 Å². The molecule has 37 heavy (non-hydrogen) atoms. The van der Waals surface area contributed by atoms with Gasteiger partial charge in [-0.3, -0.25) is 13.9 Å². The Morgan fingerprint density at radius 3 is 2.43 bits per heavy atom. The van der Waals surface area contributed by atoms with Gasteiger partial charge in [-0.15, -0.1) is 0 Å². The number of hydrogen-bond donors (Lipinski definition) is 1. The van der Waals surface area contributed by atoms with E-state index >= 15 is 0 Å². The number of methoxy groups -OCH3 is 2. The van der Waals surface area contributed by atoms with Gasteiger partial charge >= 0.3 is 0 Å². The van der Waals surface area contributed by atoms with E-state index in [0.29, 0.717) is 5.75 Å². The zero-order valence-electron chi connectivity index (χ0n) is 21.6. The quantitative estimate of drug-likeness (QED) is 0.457. The average molecular weight is 552 g/mol. The summed E-state index contributed by atoms with van der Waals surface area (Å²) in [4.78, 5) is 28.3. The van der Waals surface area contributed by atoms with Crippen molar-refractivity contribution in [3.63, 3.8) is 0 Å². The zero-order chi connectivity index (χ0) is 27.2. The van der Waals surface area contributed by atoms with Crippen LogP contribution >= 0.6 is 11.6 Å². The summed E-state index contributed by atoms with van der Waals surface area (Å²) in [7, 11) is -0.971. The highest BCUT2D eigenvalue weighted by Crippen LogP contribution is 2.33. The molecular formula is C26H34ClN3O6S. The van der Waals surface area contributed by atoms with Crippen molar-refractivity contribution in [2.75, 3.05) is 31.3 Å². The van der Waals surface area contributed by atoms with E-state index in [1.165, 1.54) is 24.1 Å². The van der Waals surface area contributed by atoms with Gasteiger partial charge < -0.3 is 19.7 Å². The molecular weight excluding hydrogens is 518 g/mol. The van der Waals surface area contributed by atoms with Gasteiger partial charge in [0.15, 0.2) is 0 Å². The molecule has 0 radical (unpaired) electrons. The molecule has 0 heterocycles. The molecule has 2 aromatic rings. The van der Waals surface area contributed by atoms with E-state index in [0.717, 1.165) is 41.8 Å². The summed E-state index contributed by atoms with van der Waals surface area (Å²) < 4.78 is 37.2. The van der Waals surface area contributed by atoms with Crippen molar-refractivity contribution in [1.29, 1.82) is 0 Å². The predicted octanol–water partition coefficient (Wildman–Crippen LogP) is 3.60. The molecule has 0 aromatic heterocycles. The Morgan fingerprint density at radius 1 is 1.11 bits per heavy atom. The number of ether oxygens (including phenoxy) is 2. The molecule has 0 unspecified atom stereocenters. The van der Waals surface area contributed by atoms with E-state index in [1.807, 2.05) is 6.07 Å². The van der Waals surface area contributed by atoms with E-state index < -0.39 is 28.5 Å². The molecule has 1 fully saturated rings. The summed E-state index contributed by atoms with van der Waals surface area (Å²) in [6.45, 7) is 1.19. The SMILES string of the molecule is COc1cccc(CN(C(=O)CN(c2cc(Cl)ccc2OC)S(C)(=O)=O)[C@H](C)C(=O)NC2CCCC2)c1. The van der Waals surface area contributed by atoms with E-state index in [4.69, 9.17) is 21.1 Å². The van der Waals surface area contributed by atoms with Crippen LogP contribution < -0.4 is 19.1 Å². The standard InChI is InChI=1S/C26H34ClN3O6S/c1-18(26(32)28-21-9-5-6-10-21)29(16-19-8-7-11-22(14-19)35-2)25(31)17-30(37(4,33)34)23-15-20(27)12-13-24(23)36-3/h7-8,11-15,18,21H,5-6,9-10,16-17H2,1-4H3,(H,28,32)/t18-/m1/s1. The molecule has 1 aliphatic carbocycles. The Labute approximate surface area is 223 Å². The van der Waals surface area contributed by atoms with Gasteiger partial charge in [-0.25, -0.2) is 8.42 Å². The molecule has 0 spiro atoms. The fourth-order valence-electron chi connectivity index (χ4n) is 4.39. The Morgan fingerprint density at radius 2 is 1.81 bits per heavy atom. The van der Waals surface area contributed by atoms with E-state index in [2.05, 4.69) is 5.32 Å². The molecule has 3 rings (SSSR count). The number of amides is 2. The Hall–Kier alpha value is -2.98. The number of carbonyl (C=O) groups excluding carboxylic acids is 2. The lowest BCUT2D eigenvalue weighted by Gasteiger charge is -2.32. The molecule has 11 heteroatoms. The highest BCUT2D eigenvalue weighted by Gasteiger charge is 2.32. The largest absolute Gasteiger partial charge is 0.497 e. The van der Waals surface area contributed by atoms with Gasteiger partial charge in [0.2, 0.25) is 21.8 Å². The molecule has 1 saturated carbocycles. The maximum absolute atomic E-state index is 13.7. The summed E-state index contributed by atoms with van der Waals surface area (Å²) in [5, 5.41) is 3.32. The van der Waals surface area contributed by atoms with Crippen LogP contribution in [0.15, 0.2) is 42.5 Å². The van der Waals surface area contributed by atoms with Gasteiger partial charge in [-0.05, 0) is 55.7 Å². The first kappa shape index (κ1) is 28.6. The van der Waals surface area contributed by atoms with E-state index in [9.17, 15) is 18.0 Å². The molecule has 202 valence electrons. The number of rotatable bonds is 11. The third-order valence-electron chi connectivity index (χ3n) is 6.44. The third-order valence-corrected chi connectivity index (χ3v) is 7.81. The van der Waals surface area contributed by atoms with Crippen molar-refractivity contribution in [1.82, 2.24) is 10.2 Å². The molecule has 2 amide bonds. The van der Waals surface area contributed by atoms with Crippen molar-refractivity contribution in [2.24, 2.45) is 0 Å². The molecule has 1 atom stereocenters. The van der Waals surface area contributed by atoms with Crippen molar-refractivity contribution < 1.29 is 27.5 Å². The highest BCUT2D eigenvalue weighted by molar-refractivity contribution is 7.92. The van der Waals surface area contributed by atoms with E-state index in [-0.39, 0.29) is 35.0 Å². The number of hydrogen-bond acceptors (Lipinski definition) is 6. The minimum atomic E-state index is -3.92. The monoisotopic (exact) mass is 551 g/mol. The summed E-state index contributed by atoms with van der Waals surface area (Å²) in [6.07, 6.45) is 4.91. The van der Waals surface area contributed by atoms with Gasteiger partial charge in [0.05, 0.1) is 26.2 Å². The molecule has 1 N–H and O–H groups in total.